The van der Waals surface area contributed by atoms with Crippen LogP contribution in [0.5, 0.6) is 0 Å². The van der Waals surface area contributed by atoms with Gasteiger partial charge in [0.25, 0.3) is 0 Å². The van der Waals surface area contributed by atoms with Crippen molar-refractivity contribution in [2.24, 2.45) is 0 Å². The molecule has 0 aliphatic carbocycles. The Kier molecular flexibility index (Phi) is 3.67. The molecule has 1 aromatic carbocycles. The van der Waals surface area contributed by atoms with E-state index < -0.39 is 5.97 Å². The van der Waals surface area contributed by atoms with E-state index in [1.165, 1.54) is 11.6 Å². The first kappa shape index (κ1) is 11.5. The second-order valence-electron chi connectivity index (χ2n) is 3.94. The van der Waals surface area contributed by atoms with Gasteiger partial charge in [-0.25, -0.2) is 4.79 Å². The summed E-state index contributed by atoms with van der Waals surface area (Å²) in [6.07, 6.45) is 2.82. The number of carboxylic acid groups (broad SMARTS) is 1. The van der Waals surface area contributed by atoms with Gasteiger partial charge in [-0.3, -0.25) is 0 Å². The van der Waals surface area contributed by atoms with E-state index >= 15 is 0 Å². The van der Waals surface area contributed by atoms with Crippen molar-refractivity contribution < 1.29 is 9.90 Å². The number of rotatable bonds is 3. The van der Waals surface area contributed by atoms with Crippen LogP contribution in [0, 0.1) is 6.92 Å². The topological polar surface area (TPSA) is 37.3 Å². The third-order valence-electron chi connectivity index (χ3n) is 2.38. The maximum Gasteiger partial charge on any atom is 0.328 e. The fourth-order valence-corrected chi connectivity index (χ4v) is 1.36. The summed E-state index contributed by atoms with van der Waals surface area (Å²) in [4.78, 5) is 10.4. The smallest absolute Gasteiger partial charge is 0.328 e. The average molecular weight is 204 g/mol. The molecule has 2 nitrogen and oxygen atoms in total. The molecule has 0 fully saturated rings. The zero-order valence-corrected chi connectivity index (χ0v) is 9.32. The third kappa shape index (κ3) is 3.24. The minimum Gasteiger partial charge on any atom is -0.478 e. The summed E-state index contributed by atoms with van der Waals surface area (Å²) in [5.41, 5.74) is 3.30. The first-order valence-corrected chi connectivity index (χ1v) is 5.02. The molecule has 0 heterocycles. The molecule has 0 aliphatic rings. The zero-order valence-electron chi connectivity index (χ0n) is 9.32. The van der Waals surface area contributed by atoms with Gasteiger partial charge in [0.15, 0.2) is 0 Å². The number of benzene rings is 1. The number of carbonyl (C=O) groups is 1. The molecule has 0 atom stereocenters. The lowest BCUT2D eigenvalue weighted by atomic mass is 9.98. The van der Waals surface area contributed by atoms with Crippen molar-refractivity contribution in [2.45, 2.75) is 26.7 Å². The predicted molar refractivity (Wildman–Crippen MR) is 61.9 cm³/mol. The Morgan fingerprint density at radius 2 is 2.07 bits per heavy atom. The summed E-state index contributed by atoms with van der Waals surface area (Å²) in [6.45, 7) is 6.22. The molecule has 1 rings (SSSR count). The molecule has 80 valence electrons. The summed E-state index contributed by atoms with van der Waals surface area (Å²) in [7, 11) is 0. The minimum absolute atomic E-state index is 0.461. The Morgan fingerprint density at radius 1 is 1.40 bits per heavy atom. The van der Waals surface area contributed by atoms with Crippen molar-refractivity contribution in [3.05, 3.63) is 41.0 Å². The summed E-state index contributed by atoms with van der Waals surface area (Å²) < 4.78 is 0. The molecule has 1 aromatic rings. The fourth-order valence-electron chi connectivity index (χ4n) is 1.36. The van der Waals surface area contributed by atoms with Gasteiger partial charge in [0, 0.05) is 6.08 Å². The molecule has 0 amide bonds. The molecule has 15 heavy (non-hydrogen) atoms. The number of carboxylic acids is 1. The van der Waals surface area contributed by atoms with Gasteiger partial charge >= 0.3 is 5.97 Å². The highest BCUT2D eigenvalue weighted by Crippen LogP contribution is 2.19. The van der Waals surface area contributed by atoms with Crippen LogP contribution in [0.25, 0.3) is 6.08 Å². The van der Waals surface area contributed by atoms with Crippen molar-refractivity contribution >= 4 is 12.0 Å². The molecule has 0 aromatic heterocycles. The van der Waals surface area contributed by atoms with Crippen LogP contribution in [-0.4, -0.2) is 11.1 Å². The zero-order chi connectivity index (χ0) is 11.4. The maximum absolute atomic E-state index is 10.4. The van der Waals surface area contributed by atoms with Crippen LogP contribution in [0.4, 0.5) is 0 Å². The second-order valence-corrected chi connectivity index (χ2v) is 3.94. The van der Waals surface area contributed by atoms with Crippen molar-refractivity contribution in [3.8, 4) is 0 Å². The van der Waals surface area contributed by atoms with Crippen molar-refractivity contribution in [3.63, 3.8) is 0 Å². The van der Waals surface area contributed by atoms with Gasteiger partial charge in [0.05, 0.1) is 0 Å². The molecule has 1 N–H and O–H groups in total. The van der Waals surface area contributed by atoms with Gasteiger partial charge in [-0.15, -0.1) is 0 Å². The van der Waals surface area contributed by atoms with Gasteiger partial charge in [0.1, 0.15) is 0 Å². The second kappa shape index (κ2) is 4.78. The van der Waals surface area contributed by atoms with Crippen LogP contribution in [-0.2, 0) is 4.79 Å². The van der Waals surface area contributed by atoms with Crippen molar-refractivity contribution in [1.29, 1.82) is 0 Å². The molecule has 2 heteroatoms. The Morgan fingerprint density at radius 3 is 2.60 bits per heavy atom. The fraction of sp³-hybridized carbons (Fsp3) is 0.308. The summed E-state index contributed by atoms with van der Waals surface area (Å²) in [5.74, 6) is -0.452. The lowest BCUT2D eigenvalue weighted by Crippen LogP contribution is -1.91. The molecule has 0 spiro atoms. The van der Waals surface area contributed by atoms with E-state index in [2.05, 4.69) is 19.9 Å². The van der Waals surface area contributed by atoms with E-state index in [9.17, 15) is 4.79 Å². The van der Waals surface area contributed by atoms with Gasteiger partial charge in [-0.2, -0.15) is 0 Å². The number of aliphatic carboxylic acids is 1. The Labute approximate surface area is 90.3 Å². The molecule has 0 aliphatic heterocycles. The van der Waals surface area contributed by atoms with Crippen LogP contribution in [0.3, 0.4) is 0 Å². The third-order valence-corrected chi connectivity index (χ3v) is 2.38. The molecular formula is C13H16O2. The molecule has 0 radical (unpaired) electrons. The van der Waals surface area contributed by atoms with E-state index in [0.29, 0.717) is 5.92 Å². The molecule has 0 saturated heterocycles. The van der Waals surface area contributed by atoms with Gasteiger partial charge in [-0.1, -0.05) is 32.0 Å². The lowest BCUT2D eigenvalue weighted by Gasteiger charge is -2.08. The van der Waals surface area contributed by atoms with Crippen molar-refractivity contribution in [2.75, 3.05) is 0 Å². The number of aryl methyl sites for hydroxylation is 1. The van der Waals surface area contributed by atoms with Gasteiger partial charge in [0.2, 0.25) is 0 Å². The van der Waals surface area contributed by atoms with Crippen LogP contribution >= 0.6 is 0 Å². The van der Waals surface area contributed by atoms with E-state index in [1.807, 2.05) is 19.1 Å². The highest BCUT2D eigenvalue weighted by molar-refractivity contribution is 5.85. The quantitative estimate of drug-likeness (QED) is 0.767. The van der Waals surface area contributed by atoms with E-state index in [-0.39, 0.29) is 0 Å². The highest BCUT2D eigenvalue weighted by Gasteiger charge is 2.01. The van der Waals surface area contributed by atoms with E-state index in [0.717, 1.165) is 11.1 Å². The summed E-state index contributed by atoms with van der Waals surface area (Å²) >= 11 is 0. The van der Waals surface area contributed by atoms with E-state index in [4.69, 9.17) is 5.11 Å². The predicted octanol–water partition coefficient (Wildman–Crippen LogP) is 3.22. The molecule has 0 bridgehead atoms. The average Bonchev–Trinajstić information content (AvgIpc) is 2.16. The SMILES string of the molecule is Cc1ccc(C(C)C)cc1/C=C/C(=O)O. The van der Waals surface area contributed by atoms with E-state index in [1.54, 1.807) is 6.08 Å². The van der Waals surface area contributed by atoms with Crippen LogP contribution < -0.4 is 0 Å². The van der Waals surface area contributed by atoms with Gasteiger partial charge < -0.3 is 5.11 Å². The van der Waals surface area contributed by atoms with Crippen LogP contribution in [0.15, 0.2) is 24.3 Å². The Balaban J connectivity index is 3.05. The summed E-state index contributed by atoms with van der Waals surface area (Å²) in [6, 6.07) is 6.15. The number of hydrogen-bond donors (Lipinski definition) is 1. The first-order valence-electron chi connectivity index (χ1n) is 5.02. The maximum atomic E-state index is 10.4. The molecular weight excluding hydrogens is 188 g/mol. The normalized spacial score (nSPS) is 11.2. The molecule has 0 unspecified atom stereocenters. The first-order chi connectivity index (χ1) is 7.00. The van der Waals surface area contributed by atoms with Gasteiger partial charge in [-0.05, 0) is 35.6 Å². The summed E-state index contributed by atoms with van der Waals surface area (Å²) in [5, 5.41) is 8.56. The Hall–Kier alpha value is -1.57. The lowest BCUT2D eigenvalue weighted by molar-refractivity contribution is -0.131. The van der Waals surface area contributed by atoms with Crippen molar-refractivity contribution in [1.82, 2.24) is 0 Å². The Bertz CT molecular complexity index is 390. The standard InChI is InChI=1S/C13H16O2/c1-9(2)11-5-4-10(3)12(8-11)6-7-13(14)15/h4-9H,1-3H3,(H,14,15)/b7-6+. The molecule has 0 saturated carbocycles. The largest absolute Gasteiger partial charge is 0.478 e. The monoisotopic (exact) mass is 204 g/mol. The highest BCUT2D eigenvalue weighted by atomic mass is 16.4. The van der Waals surface area contributed by atoms with Crippen LogP contribution in [0.2, 0.25) is 0 Å². The number of hydrogen-bond acceptors (Lipinski definition) is 1. The minimum atomic E-state index is -0.913. The van der Waals surface area contributed by atoms with Crippen LogP contribution in [0.1, 0.15) is 36.5 Å².